The van der Waals surface area contributed by atoms with Crippen LogP contribution in [0.25, 0.3) is 31.9 Å². The third-order valence-electron chi connectivity index (χ3n) is 5.69. The second kappa shape index (κ2) is 6.83. The number of hydrogen-bond acceptors (Lipinski definition) is 4. The van der Waals surface area contributed by atoms with Crippen LogP contribution in [-0.2, 0) is 0 Å². The van der Waals surface area contributed by atoms with E-state index < -0.39 is 0 Å². The van der Waals surface area contributed by atoms with Crippen LogP contribution in [0.2, 0.25) is 0 Å². The highest BCUT2D eigenvalue weighted by atomic mass is 32.1. The molecule has 0 saturated heterocycles. The van der Waals surface area contributed by atoms with E-state index in [9.17, 15) is 9.59 Å². The molecule has 0 N–H and O–H groups in total. The molecular weight excluding hydrogens is 402 g/mol. The number of para-hydroxylation sites is 1. The van der Waals surface area contributed by atoms with Crippen LogP contribution in [0.1, 0.15) is 31.8 Å². The molecule has 1 aromatic heterocycles. The molecule has 1 aliphatic rings. The van der Waals surface area contributed by atoms with E-state index >= 15 is 0 Å². The molecule has 0 bridgehead atoms. The fraction of sp³-hybridized carbons (Fsp3) is 0. The molecule has 0 saturated carbocycles. The van der Waals surface area contributed by atoms with Gasteiger partial charge in [0.05, 0.1) is 10.2 Å². The summed E-state index contributed by atoms with van der Waals surface area (Å²) >= 11 is 1.65. The van der Waals surface area contributed by atoms with E-state index in [2.05, 4.69) is 12.1 Å². The lowest BCUT2D eigenvalue weighted by atomic mass is 9.82. The number of hydrogen-bond donors (Lipinski definition) is 0. The summed E-state index contributed by atoms with van der Waals surface area (Å²) in [5.41, 5.74) is 5.74. The zero-order valence-electron chi connectivity index (χ0n) is 16.3. The van der Waals surface area contributed by atoms with Crippen LogP contribution in [0.3, 0.4) is 0 Å². The predicted molar refractivity (Wildman–Crippen MR) is 124 cm³/mol. The first-order valence-electron chi connectivity index (χ1n) is 9.98. The first-order chi connectivity index (χ1) is 15.2. The summed E-state index contributed by atoms with van der Waals surface area (Å²) in [6.45, 7) is 0. The van der Waals surface area contributed by atoms with Gasteiger partial charge < -0.3 is 0 Å². The lowest BCUT2D eigenvalue weighted by Gasteiger charge is -2.18. The van der Waals surface area contributed by atoms with Crippen LogP contribution < -0.4 is 0 Å². The molecular formula is C27H15NO2S. The van der Waals surface area contributed by atoms with Crippen molar-refractivity contribution in [1.29, 1.82) is 0 Å². The smallest absolute Gasteiger partial charge is 0.194 e. The quantitative estimate of drug-likeness (QED) is 0.327. The van der Waals surface area contributed by atoms with Gasteiger partial charge in [-0.2, -0.15) is 0 Å². The third-order valence-corrected chi connectivity index (χ3v) is 6.76. The van der Waals surface area contributed by atoms with Gasteiger partial charge in [0.1, 0.15) is 5.01 Å². The normalized spacial score (nSPS) is 12.6. The second-order valence-electron chi connectivity index (χ2n) is 7.50. The van der Waals surface area contributed by atoms with Gasteiger partial charge >= 0.3 is 0 Å². The van der Waals surface area contributed by atoms with Crippen LogP contribution in [0.15, 0.2) is 91.0 Å². The average molecular weight is 417 g/mol. The minimum Gasteiger partial charge on any atom is -0.289 e. The number of thiazole rings is 1. The van der Waals surface area contributed by atoms with Gasteiger partial charge in [-0.15, -0.1) is 11.3 Å². The highest BCUT2D eigenvalue weighted by Gasteiger charge is 2.29. The Bertz CT molecular complexity index is 1500. The van der Waals surface area contributed by atoms with Gasteiger partial charge in [0, 0.05) is 27.8 Å². The lowest BCUT2D eigenvalue weighted by molar-refractivity contribution is 0.0979. The topological polar surface area (TPSA) is 47.0 Å². The molecule has 6 rings (SSSR count). The fourth-order valence-corrected chi connectivity index (χ4v) is 5.18. The van der Waals surface area contributed by atoms with Crippen molar-refractivity contribution in [3.63, 3.8) is 0 Å². The van der Waals surface area contributed by atoms with Crippen molar-refractivity contribution in [3.8, 4) is 21.7 Å². The molecule has 4 heteroatoms. The number of rotatable bonds is 2. The Morgan fingerprint density at radius 2 is 1.13 bits per heavy atom. The monoisotopic (exact) mass is 417 g/mol. The molecule has 0 amide bonds. The molecule has 0 aliphatic heterocycles. The molecule has 0 radical (unpaired) electrons. The summed E-state index contributed by atoms with van der Waals surface area (Å²) in [6.07, 6.45) is 0. The molecule has 5 aromatic rings. The molecule has 1 aliphatic carbocycles. The number of ketones is 2. The number of benzene rings is 4. The minimum atomic E-state index is -0.107. The summed E-state index contributed by atoms with van der Waals surface area (Å²) in [4.78, 5) is 30.9. The van der Waals surface area contributed by atoms with Crippen molar-refractivity contribution in [3.05, 3.63) is 113 Å². The largest absolute Gasteiger partial charge is 0.289 e. The summed E-state index contributed by atoms with van der Waals surface area (Å²) in [6, 6.07) is 28.7. The van der Waals surface area contributed by atoms with Crippen LogP contribution in [0, 0.1) is 0 Å². The van der Waals surface area contributed by atoms with Crippen molar-refractivity contribution >= 4 is 33.1 Å². The Morgan fingerprint density at radius 3 is 1.87 bits per heavy atom. The SMILES string of the molecule is O=C1c2ccccc2C(=O)c2cc(-c3ccccc3-c3nc4ccccc4s3)ccc21. The number of carbonyl (C=O) groups excluding carboxylic acids is 2. The van der Waals surface area contributed by atoms with E-state index in [1.165, 1.54) is 0 Å². The summed E-state index contributed by atoms with van der Waals surface area (Å²) in [7, 11) is 0. The molecule has 0 atom stereocenters. The van der Waals surface area contributed by atoms with Crippen LogP contribution in [0.4, 0.5) is 0 Å². The standard InChI is InChI=1S/C27H15NO2S/c29-25-18-8-2-3-9-19(18)26(30)22-15-16(13-14-20(22)25)17-7-1-4-10-21(17)27-28-23-11-5-6-12-24(23)31-27/h1-15H. The molecule has 3 nitrogen and oxygen atoms in total. The summed E-state index contributed by atoms with van der Waals surface area (Å²) in [5, 5.41) is 0.933. The van der Waals surface area contributed by atoms with Crippen molar-refractivity contribution in [2.24, 2.45) is 0 Å². The number of carbonyl (C=O) groups is 2. The maximum Gasteiger partial charge on any atom is 0.194 e. The van der Waals surface area contributed by atoms with Gasteiger partial charge in [-0.25, -0.2) is 4.98 Å². The first kappa shape index (κ1) is 17.9. The van der Waals surface area contributed by atoms with Crippen molar-refractivity contribution in [1.82, 2.24) is 4.98 Å². The summed E-state index contributed by atoms with van der Waals surface area (Å²) in [5.74, 6) is -0.208. The van der Waals surface area contributed by atoms with E-state index in [-0.39, 0.29) is 11.6 Å². The van der Waals surface area contributed by atoms with E-state index in [1.807, 2.05) is 48.5 Å². The van der Waals surface area contributed by atoms with Gasteiger partial charge in [0.15, 0.2) is 11.6 Å². The van der Waals surface area contributed by atoms with Gasteiger partial charge in [-0.3, -0.25) is 9.59 Å². The van der Waals surface area contributed by atoms with Crippen LogP contribution >= 0.6 is 11.3 Å². The molecule has 146 valence electrons. The number of nitrogens with zero attached hydrogens (tertiary/aromatic N) is 1. The Balaban J connectivity index is 1.51. The van der Waals surface area contributed by atoms with E-state index in [4.69, 9.17) is 4.98 Å². The molecule has 0 spiro atoms. The van der Waals surface area contributed by atoms with E-state index in [1.54, 1.807) is 41.7 Å². The van der Waals surface area contributed by atoms with Crippen molar-refractivity contribution < 1.29 is 9.59 Å². The first-order valence-corrected chi connectivity index (χ1v) is 10.8. The van der Waals surface area contributed by atoms with Crippen LogP contribution in [-0.4, -0.2) is 16.6 Å². The van der Waals surface area contributed by atoms with Gasteiger partial charge in [0.25, 0.3) is 0 Å². The van der Waals surface area contributed by atoms with Gasteiger partial charge in [-0.1, -0.05) is 66.7 Å². The fourth-order valence-electron chi connectivity index (χ4n) is 4.18. The summed E-state index contributed by atoms with van der Waals surface area (Å²) < 4.78 is 1.13. The Hall–Kier alpha value is -3.89. The zero-order valence-corrected chi connectivity index (χ0v) is 17.1. The molecule has 4 aromatic carbocycles. The second-order valence-corrected chi connectivity index (χ2v) is 8.53. The lowest BCUT2D eigenvalue weighted by Crippen LogP contribution is -2.20. The third kappa shape index (κ3) is 2.76. The maximum atomic E-state index is 13.1. The van der Waals surface area contributed by atoms with Crippen LogP contribution in [0.5, 0.6) is 0 Å². The zero-order chi connectivity index (χ0) is 20.9. The maximum absolute atomic E-state index is 13.1. The Labute approximate surface area is 182 Å². The molecule has 1 heterocycles. The minimum absolute atomic E-state index is 0.101. The number of fused-ring (bicyclic) bond motifs is 3. The molecule has 0 fully saturated rings. The Morgan fingerprint density at radius 1 is 0.548 bits per heavy atom. The van der Waals surface area contributed by atoms with Gasteiger partial charge in [0.2, 0.25) is 0 Å². The number of aromatic nitrogens is 1. The average Bonchev–Trinajstić information content (AvgIpc) is 3.26. The highest BCUT2D eigenvalue weighted by molar-refractivity contribution is 7.21. The van der Waals surface area contributed by atoms with E-state index in [0.29, 0.717) is 22.3 Å². The van der Waals surface area contributed by atoms with Crippen molar-refractivity contribution in [2.45, 2.75) is 0 Å². The van der Waals surface area contributed by atoms with Gasteiger partial charge in [-0.05, 0) is 35.4 Å². The Kier molecular flexibility index (Phi) is 3.95. The molecule has 0 unspecified atom stereocenters. The molecule has 31 heavy (non-hydrogen) atoms. The van der Waals surface area contributed by atoms with E-state index in [0.717, 1.165) is 31.9 Å². The highest BCUT2D eigenvalue weighted by Crippen LogP contribution is 2.38. The van der Waals surface area contributed by atoms with Crippen molar-refractivity contribution in [2.75, 3.05) is 0 Å². The predicted octanol–water partition coefficient (Wildman–Crippen LogP) is 6.41.